The highest BCUT2D eigenvalue weighted by Gasteiger charge is 2.24. The van der Waals surface area contributed by atoms with Crippen LogP contribution >= 0.6 is 0 Å². The second kappa shape index (κ2) is 2.98. The minimum absolute atomic E-state index is 0.106. The molecule has 72 valence electrons. The standard InChI is InChI=1S/C10H16N2O/c1-7-4-5-12(3)10-9(6-7)13-8(2)11-10/h6,8,11H,4-5H2,1-3H3. The lowest BCUT2D eigenvalue weighted by molar-refractivity contribution is 0.152. The van der Waals surface area contributed by atoms with Crippen LogP contribution in [0.5, 0.6) is 0 Å². The second-order valence-corrected chi connectivity index (χ2v) is 3.78. The lowest BCUT2D eigenvalue weighted by Crippen LogP contribution is -2.30. The molecule has 3 nitrogen and oxygen atoms in total. The van der Waals surface area contributed by atoms with Crippen molar-refractivity contribution >= 4 is 0 Å². The van der Waals surface area contributed by atoms with Gasteiger partial charge in [0.25, 0.3) is 0 Å². The van der Waals surface area contributed by atoms with E-state index in [1.165, 1.54) is 5.57 Å². The highest BCUT2D eigenvalue weighted by atomic mass is 16.5. The van der Waals surface area contributed by atoms with Crippen molar-refractivity contribution in [2.45, 2.75) is 26.5 Å². The summed E-state index contributed by atoms with van der Waals surface area (Å²) in [5, 5.41) is 3.30. The first-order chi connectivity index (χ1) is 6.16. The smallest absolute Gasteiger partial charge is 0.168 e. The van der Waals surface area contributed by atoms with Crippen molar-refractivity contribution in [3.63, 3.8) is 0 Å². The molecule has 2 heterocycles. The number of hydrogen-bond acceptors (Lipinski definition) is 3. The number of ether oxygens (including phenoxy) is 1. The molecule has 2 aliphatic rings. The van der Waals surface area contributed by atoms with Crippen LogP contribution in [0.3, 0.4) is 0 Å². The van der Waals surface area contributed by atoms with Crippen LogP contribution in [0.15, 0.2) is 23.2 Å². The zero-order chi connectivity index (χ0) is 9.42. The Balaban J connectivity index is 2.29. The predicted octanol–water partition coefficient (Wildman–Crippen LogP) is 1.40. The van der Waals surface area contributed by atoms with E-state index in [9.17, 15) is 0 Å². The maximum atomic E-state index is 5.64. The highest BCUT2D eigenvalue weighted by molar-refractivity contribution is 5.27. The van der Waals surface area contributed by atoms with Crippen molar-refractivity contribution in [3.8, 4) is 0 Å². The first kappa shape index (κ1) is 8.48. The molecule has 0 bridgehead atoms. The Bertz CT molecular complexity index is 281. The monoisotopic (exact) mass is 180 g/mol. The maximum absolute atomic E-state index is 5.64. The molecule has 3 heteroatoms. The summed E-state index contributed by atoms with van der Waals surface area (Å²) in [5.41, 5.74) is 1.38. The van der Waals surface area contributed by atoms with Gasteiger partial charge in [-0.1, -0.05) is 5.57 Å². The largest absolute Gasteiger partial charge is 0.467 e. The Kier molecular flexibility index (Phi) is 1.94. The molecule has 1 unspecified atom stereocenters. The summed E-state index contributed by atoms with van der Waals surface area (Å²) >= 11 is 0. The fraction of sp³-hybridized carbons (Fsp3) is 0.600. The van der Waals surface area contributed by atoms with Gasteiger partial charge in [0, 0.05) is 13.6 Å². The van der Waals surface area contributed by atoms with Crippen molar-refractivity contribution in [1.29, 1.82) is 0 Å². The molecule has 2 aliphatic heterocycles. The number of rotatable bonds is 0. The van der Waals surface area contributed by atoms with Crippen LogP contribution in [-0.2, 0) is 4.74 Å². The molecule has 13 heavy (non-hydrogen) atoms. The SMILES string of the molecule is CC1=CC2=C(NC(C)O2)N(C)CC1. The van der Waals surface area contributed by atoms with Gasteiger partial charge in [0.1, 0.15) is 5.82 Å². The summed E-state index contributed by atoms with van der Waals surface area (Å²) in [6.45, 7) is 5.23. The van der Waals surface area contributed by atoms with E-state index in [0.717, 1.165) is 24.5 Å². The van der Waals surface area contributed by atoms with Gasteiger partial charge in [-0.25, -0.2) is 0 Å². The Labute approximate surface area is 79.1 Å². The minimum atomic E-state index is 0.106. The van der Waals surface area contributed by atoms with Gasteiger partial charge in [-0.15, -0.1) is 0 Å². The molecule has 0 amide bonds. The van der Waals surface area contributed by atoms with Gasteiger partial charge in [-0.05, 0) is 26.3 Å². The quantitative estimate of drug-likeness (QED) is 0.610. The molecule has 0 saturated carbocycles. The Morgan fingerprint density at radius 3 is 3.15 bits per heavy atom. The van der Waals surface area contributed by atoms with E-state index in [-0.39, 0.29) is 6.23 Å². The van der Waals surface area contributed by atoms with Gasteiger partial charge < -0.3 is 15.0 Å². The molecule has 0 fully saturated rings. The molecule has 0 aromatic heterocycles. The van der Waals surface area contributed by atoms with E-state index in [4.69, 9.17) is 4.74 Å². The van der Waals surface area contributed by atoms with Crippen molar-refractivity contribution < 1.29 is 4.74 Å². The average Bonchev–Trinajstić information content (AvgIpc) is 2.37. The molecule has 0 radical (unpaired) electrons. The van der Waals surface area contributed by atoms with Crippen molar-refractivity contribution in [3.05, 3.63) is 23.2 Å². The highest BCUT2D eigenvalue weighted by Crippen LogP contribution is 2.24. The normalized spacial score (nSPS) is 27.5. The lowest BCUT2D eigenvalue weighted by Gasteiger charge is -2.19. The van der Waals surface area contributed by atoms with Gasteiger partial charge in [0.2, 0.25) is 0 Å². The van der Waals surface area contributed by atoms with E-state index in [0.29, 0.717) is 0 Å². The van der Waals surface area contributed by atoms with Gasteiger partial charge in [-0.3, -0.25) is 0 Å². The minimum Gasteiger partial charge on any atom is -0.467 e. The van der Waals surface area contributed by atoms with Crippen molar-refractivity contribution in [2.24, 2.45) is 0 Å². The molecule has 0 aromatic rings. The fourth-order valence-corrected chi connectivity index (χ4v) is 1.69. The summed E-state index contributed by atoms with van der Waals surface area (Å²) in [5.74, 6) is 2.12. The van der Waals surface area contributed by atoms with Crippen LogP contribution in [-0.4, -0.2) is 24.7 Å². The first-order valence-electron chi connectivity index (χ1n) is 4.72. The third-order valence-corrected chi connectivity index (χ3v) is 2.48. The van der Waals surface area contributed by atoms with Crippen LogP contribution < -0.4 is 5.32 Å². The molecule has 1 N–H and O–H groups in total. The molecule has 0 aromatic carbocycles. The number of nitrogens with zero attached hydrogens (tertiary/aromatic N) is 1. The van der Waals surface area contributed by atoms with Crippen LogP contribution in [0, 0.1) is 0 Å². The molecule has 0 spiro atoms. The number of hydrogen-bond donors (Lipinski definition) is 1. The van der Waals surface area contributed by atoms with E-state index < -0.39 is 0 Å². The molecule has 0 aliphatic carbocycles. The van der Waals surface area contributed by atoms with Crippen LogP contribution in [0.2, 0.25) is 0 Å². The first-order valence-corrected chi connectivity index (χ1v) is 4.72. The molecule has 2 rings (SSSR count). The van der Waals surface area contributed by atoms with Gasteiger partial charge in [0.15, 0.2) is 12.0 Å². The van der Waals surface area contributed by atoms with Gasteiger partial charge in [-0.2, -0.15) is 0 Å². The maximum Gasteiger partial charge on any atom is 0.168 e. The molecular weight excluding hydrogens is 164 g/mol. The third kappa shape index (κ3) is 1.50. The van der Waals surface area contributed by atoms with Crippen molar-refractivity contribution in [2.75, 3.05) is 13.6 Å². The van der Waals surface area contributed by atoms with Gasteiger partial charge in [0.05, 0.1) is 0 Å². The summed E-state index contributed by atoms with van der Waals surface area (Å²) in [7, 11) is 2.09. The van der Waals surface area contributed by atoms with Crippen LogP contribution in [0.1, 0.15) is 20.3 Å². The van der Waals surface area contributed by atoms with E-state index >= 15 is 0 Å². The lowest BCUT2D eigenvalue weighted by atomic mass is 10.2. The Morgan fingerprint density at radius 2 is 2.38 bits per heavy atom. The zero-order valence-electron chi connectivity index (χ0n) is 8.42. The molecule has 0 saturated heterocycles. The van der Waals surface area contributed by atoms with Crippen LogP contribution in [0.4, 0.5) is 0 Å². The molecule has 1 atom stereocenters. The summed E-state index contributed by atoms with van der Waals surface area (Å²) in [6.07, 6.45) is 3.35. The second-order valence-electron chi connectivity index (χ2n) is 3.78. The van der Waals surface area contributed by atoms with Crippen molar-refractivity contribution in [1.82, 2.24) is 10.2 Å². The predicted molar refractivity (Wildman–Crippen MR) is 51.7 cm³/mol. The average molecular weight is 180 g/mol. The fourth-order valence-electron chi connectivity index (χ4n) is 1.69. The third-order valence-electron chi connectivity index (χ3n) is 2.48. The molecular formula is C10H16N2O. The zero-order valence-corrected chi connectivity index (χ0v) is 8.42. The summed E-state index contributed by atoms with van der Waals surface area (Å²) < 4.78 is 5.64. The van der Waals surface area contributed by atoms with E-state index in [1.807, 2.05) is 6.92 Å². The summed E-state index contributed by atoms with van der Waals surface area (Å²) in [4.78, 5) is 2.21. The number of allylic oxidation sites excluding steroid dienone is 1. The number of nitrogens with one attached hydrogen (secondary N) is 1. The van der Waals surface area contributed by atoms with E-state index in [2.05, 4.69) is 30.3 Å². The summed E-state index contributed by atoms with van der Waals surface area (Å²) in [6, 6.07) is 0. The van der Waals surface area contributed by atoms with E-state index in [1.54, 1.807) is 0 Å². The van der Waals surface area contributed by atoms with Gasteiger partial charge >= 0.3 is 0 Å². The van der Waals surface area contributed by atoms with Crippen LogP contribution in [0.25, 0.3) is 0 Å². The Morgan fingerprint density at radius 1 is 1.62 bits per heavy atom. The topological polar surface area (TPSA) is 24.5 Å². The Hall–Kier alpha value is -1.12.